The van der Waals surface area contributed by atoms with Crippen LogP contribution in [0.4, 0.5) is 0 Å². The Morgan fingerprint density at radius 1 is 0.268 bits per heavy atom. The number of hydrogen-bond donors (Lipinski definition) is 0. The molecule has 0 heterocycles. The molecule has 0 spiro atoms. The van der Waals surface area contributed by atoms with Crippen LogP contribution in [0.3, 0.4) is 0 Å². The van der Waals surface area contributed by atoms with Crippen LogP contribution in [0.2, 0.25) is 0 Å². The van der Waals surface area contributed by atoms with Gasteiger partial charge in [-0.25, -0.2) is 0 Å². The smallest absolute Gasteiger partial charge is 0.0332 e. The molecule has 0 bridgehead atoms. The lowest BCUT2D eigenvalue weighted by molar-refractivity contribution is 1.76. The Morgan fingerprint density at radius 2 is 0.732 bits per heavy atom. The van der Waals surface area contributed by atoms with Crippen molar-refractivity contribution >= 4 is 102 Å². The maximum atomic E-state index is 3.83. The Hall–Kier alpha value is -4.72. The van der Waals surface area contributed by atoms with E-state index >= 15 is 0 Å². The minimum atomic E-state index is 1.20. The van der Waals surface area contributed by atoms with Crippen LogP contribution in [-0.4, -0.2) is 0 Å². The van der Waals surface area contributed by atoms with Gasteiger partial charge in [0, 0.05) is 4.47 Å². The lowest BCUT2D eigenvalue weighted by atomic mass is 9.91. The van der Waals surface area contributed by atoms with Crippen molar-refractivity contribution < 1.29 is 0 Å². The van der Waals surface area contributed by atoms with Gasteiger partial charge in [0.2, 0.25) is 0 Å². The zero-order valence-corrected chi connectivity index (χ0v) is 23.7. The molecule has 10 aromatic rings. The number of fused-ring (bicyclic) bond motifs is 4. The molecule has 0 amide bonds. The van der Waals surface area contributed by atoms with Crippen molar-refractivity contribution in [1.82, 2.24) is 0 Å². The topological polar surface area (TPSA) is 0 Å². The predicted octanol–water partition coefficient (Wildman–Crippen LogP) is 12.2. The molecule has 0 aliphatic heterocycles. The van der Waals surface area contributed by atoms with Gasteiger partial charge in [-0.3, -0.25) is 0 Å². The summed E-state index contributed by atoms with van der Waals surface area (Å²) in [5, 5.41) is 21.4. The van der Waals surface area contributed by atoms with Gasteiger partial charge in [0.1, 0.15) is 0 Å². The summed E-state index contributed by atoms with van der Waals surface area (Å²) in [4.78, 5) is 0. The van der Waals surface area contributed by atoms with E-state index in [9.17, 15) is 0 Å². The highest BCUT2D eigenvalue weighted by Gasteiger charge is 2.14. The Labute approximate surface area is 245 Å². The van der Waals surface area contributed by atoms with Crippen molar-refractivity contribution in [2.24, 2.45) is 0 Å². The third-order valence-electron chi connectivity index (χ3n) is 8.84. The first-order valence-electron chi connectivity index (χ1n) is 14.1. The number of benzene rings is 10. The van der Waals surface area contributed by atoms with Gasteiger partial charge < -0.3 is 0 Å². The minimum absolute atomic E-state index is 1.20. The fourth-order valence-corrected chi connectivity index (χ4v) is 7.71. The predicted molar refractivity (Wildman–Crippen MR) is 183 cm³/mol. The first-order chi connectivity index (χ1) is 20.3. The number of rotatable bonds is 0. The van der Waals surface area contributed by atoms with E-state index in [1.807, 2.05) is 0 Å². The summed E-state index contributed by atoms with van der Waals surface area (Å²) >= 11 is 3.83. The molecule has 190 valence electrons. The van der Waals surface area contributed by atoms with E-state index in [1.165, 1.54) is 90.7 Å². The summed E-state index contributed by atoms with van der Waals surface area (Å²) in [7, 11) is 0. The quantitative estimate of drug-likeness (QED) is 0.123. The van der Waals surface area contributed by atoms with Gasteiger partial charge in [0.05, 0.1) is 0 Å². The molecule has 10 aromatic carbocycles. The summed E-state index contributed by atoms with van der Waals surface area (Å²) in [6, 6.07) is 50.6. The molecule has 0 nitrogen and oxygen atoms in total. The molecule has 0 radical (unpaired) electrons. The SMILES string of the molecule is Brc1c2ccccc2c2ccc3cccc4ccc1c2c43.c1ccc2c(c1)cc1ccc3cccc4ccc2c1c34. The fraction of sp³-hybridized carbons (Fsp3) is 0. The van der Waals surface area contributed by atoms with Gasteiger partial charge in [-0.1, -0.05) is 133 Å². The largest absolute Gasteiger partial charge is 0.0616 e. The molecule has 0 unspecified atom stereocenters. The maximum Gasteiger partial charge on any atom is 0.0332 e. The Bertz CT molecular complexity index is 2560. The number of hydrogen-bond acceptors (Lipinski definition) is 0. The van der Waals surface area contributed by atoms with Crippen LogP contribution in [0.15, 0.2) is 144 Å². The summed E-state index contributed by atoms with van der Waals surface area (Å²) in [6.45, 7) is 0. The Morgan fingerprint density at radius 3 is 1.41 bits per heavy atom. The van der Waals surface area contributed by atoms with Crippen molar-refractivity contribution in [2.45, 2.75) is 0 Å². The van der Waals surface area contributed by atoms with Crippen LogP contribution in [0, 0.1) is 0 Å². The third-order valence-corrected chi connectivity index (χ3v) is 9.69. The zero-order chi connectivity index (χ0) is 27.1. The van der Waals surface area contributed by atoms with E-state index in [-0.39, 0.29) is 0 Å². The second-order valence-corrected chi connectivity index (χ2v) is 11.8. The molecular formula is C40H23Br. The van der Waals surface area contributed by atoms with Crippen molar-refractivity contribution in [3.05, 3.63) is 144 Å². The lowest BCUT2D eigenvalue weighted by Gasteiger charge is -2.14. The molecular weight excluding hydrogens is 560 g/mol. The Kier molecular flexibility index (Phi) is 4.85. The molecule has 0 aromatic heterocycles. The number of halogens is 1. The molecule has 0 aliphatic rings. The van der Waals surface area contributed by atoms with Gasteiger partial charge in [0.15, 0.2) is 0 Å². The van der Waals surface area contributed by atoms with Gasteiger partial charge in [0.25, 0.3) is 0 Å². The van der Waals surface area contributed by atoms with Crippen molar-refractivity contribution in [3.63, 3.8) is 0 Å². The van der Waals surface area contributed by atoms with Crippen LogP contribution in [0.1, 0.15) is 0 Å². The molecule has 41 heavy (non-hydrogen) atoms. The van der Waals surface area contributed by atoms with E-state index in [0.29, 0.717) is 0 Å². The first-order valence-corrected chi connectivity index (χ1v) is 14.8. The van der Waals surface area contributed by atoms with Crippen molar-refractivity contribution in [3.8, 4) is 0 Å². The lowest BCUT2D eigenvalue weighted by Crippen LogP contribution is -1.87. The normalized spacial score (nSPS) is 12.0. The highest BCUT2D eigenvalue weighted by Crippen LogP contribution is 2.43. The van der Waals surface area contributed by atoms with Crippen LogP contribution in [-0.2, 0) is 0 Å². The van der Waals surface area contributed by atoms with Crippen LogP contribution < -0.4 is 0 Å². The summed E-state index contributed by atoms with van der Waals surface area (Å²) in [5.41, 5.74) is 0. The van der Waals surface area contributed by atoms with Gasteiger partial charge in [-0.15, -0.1) is 0 Å². The highest BCUT2D eigenvalue weighted by molar-refractivity contribution is 9.10. The van der Waals surface area contributed by atoms with Gasteiger partial charge in [-0.05, 0) is 108 Å². The molecule has 0 atom stereocenters. The molecule has 0 aliphatic carbocycles. The van der Waals surface area contributed by atoms with Crippen LogP contribution in [0.5, 0.6) is 0 Å². The summed E-state index contributed by atoms with van der Waals surface area (Å²) in [6.07, 6.45) is 0. The highest BCUT2D eigenvalue weighted by atomic mass is 79.9. The average Bonchev–Trinajstić information content (AvgIpc) is 3.04. The van der Waals surface area contributed by atoms with E-state index < -0.39 is 0 Å². The summed E-state index contributed by atoms with van der Waals surface area (Å²) < 4.78 is 1.20. The van der Waals surface area contributed by atoms with E-state index in [2.05, 4.69) is 155 Å². The standard InChI is InChI=1S/C20H11Br.C20H12/c21-20-16-7-2-1-6-14(16)15-10-8-12-4-3-5-13-9-11-17(20)19(15)18(12)13;1-2-7-17-15(4-1)12-16-9-8-13-5-3-6-14-10-11-18(17)20(16)19(13)14/h1-11H;1-12H. The molecule has 0 saturated heterocycles. The molecule has 0 saturated carbocycles. The van der Waals surface area contributed by atoms with Crippen LogP contribution in [0.25, 0.3) is 86.2 Å². The van der Waals surface area contributed by atoms with Crippen molar-refractivity contribution in [1.29, 1.82) is 0 Å². The minimum Gasteiger partial charge on any atom is -0.0616 e. The second kappa shape index (κ2) is 8.64. The fourth-order valence-electron chi connectivity index (χ4n) is 7.03. The van der Waals surface area contributed by atoms with Crippen molar-refractivity contribution in [2.75, 3.05) is 0 Å². The third kappa shape index (κ3) is 3.27. The average molecular weight is 584 g/mol. The zero-order valence-electron chi connectivity index (χ0n) is 22.2. The monoisotopic (exact) mass is 582 g/mol. The first kappa shape index (κ1) is 23.0. The van der Waals surface area contributed by atoms with Gasteiger partial charge >= 0.3 is 0 Å². The van der Waals surface area contributed by atoms with Crippen LogP contribution >= 0.6 is 15.9 Å². The second-order valence-electron chi connectivity index (χ2n) is 11.0. The Balaban J connectivity index is 0.000000117. The maximum absolute atomic E-state index is 3.83. The molecule has 0 N–H and O–H groups in total. The van der Waals surface area contributed by atoms with E-state index in [1.54, 1.807) is 0 Å². The van der Waals surface area contributed by atoms with E-state index in [0.717, 1.165) is 0 Å². The molecule has 1 heteroatoms. The van der Waals surface area contributed by atoms with E-state index in [4.69, 9.17) is 0 Å². The molecule has 10 rings (SSSR count). The summed E-state index contributed by atoms with van der Waals surface area (Å²) in [5.74, 6) is 0. The van der Waals surface area contributed by atoms with Gasteiger partial charge in [-0.2, -0.15) is 0 Å². The molecule has 0 fully saturated rings.